The van der Waals surface area contributed by atoms with Crippen LogP contribution in [0.4, 0.5) is 0 Å². The summed E-state index contributed by atoms with van der Waals surface area (Å²) in [4.78, 5) is 38.3. The summed E-state index contributed by atoms with van der Waals surface area (Å²) in [5.74, 6) is -0.226. The van der Waals surface area contributed by atoms with E-state index in [0.29, 0.717) is 25.6 Å². The number of carbonyl (C=O) groups is 3. The van der Waals surface area contributed by atoms with E-state index >= 15 is 0 Å². The molecule has 0 aromatic heterocycles. The Bertz CT molecular complexity index is 688. The first-order valence-corrected chi connectivity index (χ1v) is 8.68. The molecule has 6 nitrogen and oxygen atoms in total. The van der Waals surface area contributed by atoms with Crippen LogP contribution in [0.5, 0.6) is 0 Å². The summed E-state index contributed by atoms with van der Waals surface area (Å²) >= 11 is 0. The van der Waals surface area contributed by atoms with Crippen LogP contribution in [0.2, 0.25) is 0 Å². The van der Waals surface area contributed by atoms with Crippen LogP contribution in [-0.4, -0.2) is 47.2 Å². The van der Waals surface area contributed by atoms with Gasteiger partial charge < -0.3 is 10.6 Å². The largest absolute Gasteiger partial charge is 0.343 e. The predicted molar refractivity (Wildman–Crippen MR) is 93.4 cm³/mol. The summed E-state index contributed by atoms with van der Waals surface area (Å²) in [6.45, 7) is 2.10. The van der Waals surface area contributed by atoms with E-state index in [4.69, 9.17) is 5.73 Å². The molecule has 0 spiro atoms. The number of imide groups is 1. The molecule has 2 N–H and O–H groups in total. The lowest BCUT2D eigenvalue weighted by atomic mass is 9.88. The zero-order valence-electron chi connectivity index (χ0n) is 14.2. The van der Waals surface area contributed by atoms with Crippen molar-refractivity contribution in [2.45, 2.75) is 31.7 Å². The number of likely N-dealkylation sites (tertiary alicyclic amines) is 1. The van der Waals surface area contributed by atoms with Gasteiger partial charge in [0.25, 0.3) is 11.8 Å². The topological polar surface area (TPSA) is 83.7 Å². The molecule has 3 rings (SSSR count). The summed E-state index contributed by atoms with van der Waals surface area (Å²) in [6, 6.07) is 8.34. The van der Waals surface area contributed by atoms with Crippen LogP contribution in [0.15, 0.2) is 36.4 Å². The Kier molecular flexibility index (Phi) is 5.28. The molecule has 1 saturated heterocycles. The van der Waals surface area contributed by atoms with Crippen LogP contribution >= 0.6 is 0 Å². The minimum atomic E-state index is -0.337. The van der Waals surface area contributed by atoms with Gasteiger partial charge in [0.15, 0.2) is 0 Å². The molecule has 132 valence electrons. The van der Waals surface area contributed by atoms with Crippen molar-refractivity contribution >= 4 is 17.7 Å². The highest BCUT2D eigenvalue weighted by atomic mass is 16.2. The molecular formula is C19H23N3O3. The average Bonchev–Trinajstić information content (AvgIpc) is 2.97. The van der Waals surface area contributed by atoms with E-state index in [0.717, 1.165) is 23.3 Å². The van der Waals surface area contributed by atoms with Gasteiger partial charge in [-0.2, -0.15) is 0 Å². The lowest BCUT2D eigenvalue weighted by Gasteiger charge is -2.32. The third-order valence-corrected chi connectivity index (χ3v) is 4.96. The Morgan fingerprint density at radius 1 is 1.12 bits per heavy atom. The van der Waals surface area contributed by atoms with Crippen LogP contribution < -0.4 is 5.73 Å². The number of benzene rings is 1. The van der Waals surface area contributed by atoms with Crippen molar-refractivity contribution in [3.05, 3.63) is 47.5 Å². The second kappa shape index (κ2) is 7.61. The van der Waals surface area contributed by atoms with Crippen molar-refractivity contribution in [2.75, 3.05) is 19.6 Å². The molecule has 2 aliphatic rings. The first-order chi connectivity index (χ1) is 12.1. The van der Waals surface area contributed by atoms with Gasteiger partial charge in [0.1, 0.15) is 0 Å². The molecule has 0 aliphatic carbocycles. The molecule has 2 aliphatic heterocycles. The number of nitrogens with two attached hydrogens (primary N) is 1. The standard InChI is InChI=1S/C19H23N3O3/c20-13-14-2-1-3-16(12-14)15-6-9-21(10-7-15)17(23)8-11-22-18(24)4-5-19(22)25/h1-5,12,15H,6-11,13,20H2. The number of carbonyl (C=O) groups excluding carboxylic acids is 3. The van der Waals surface area contributed by atoms with Crippen molar-refractivity contribution < 1.29 is 14.4 Å². The van der Waals surface area contributed by atoms with Gasteiger partial charge in [0.2, 0.25) is 5.91 Å². The molecule has 1 aromatic carbocycles. The molecule has 0 bridgehead atoms. The predicted octanol–water partition coefficient (Wildman–Crippen LogP) is 1.17. The SMILES string of the molecule is NCc1cccc(C2CCN(C(=O)CCN3C(=O)C=CC3=O)CC2)c1. The number of nitrogens with zero attached hydrogens (tertiary/aromatic N) is 2. The molecule has 1 fully saturated rings. The molecule has 3 amide bonds. The third-order valence-electron chi connectivity index (χ3n) is 4.96. The summed E-state index contributed by atoms with van der Waals surface area (Å²) in [7, 11) is 0. The summed E-state index contributed by atoms with van der Waals surface area (Å²) in [5.41, 5.74) is 8.12. The first-order valence-electron chi connectivity index (χ1n) is 8.68. The van der Waals surface area contributed by atoms with Crippen molar-refractivity contribution in [3.8, 4) is 0 Å². The van der Waals surface area contributed by atoms with Crippen molar-refractivity contribution in [2.24, 2.45) is 5.73 Å². The second-order valence-electron chi connectivity index (χ2n) is 6.52. The van der Waals surface area contributed by atoms with Crippen LogP contribution in [0.25, 0.3) is 0 Å². The highest BCUT2D eigenvalue weighted by Crippen LogP contribution is 2.28. The van der Waals surface area contributed by atoms with Gasteiger partial charge in [-0.25, -0.2) is 0 Å². The lowest BCUT2D eigenvalue weighted by Crippen LogP contribution is -2.40. The van der Waals surface area contributed by atoms with Gasteiger partial charge in [-0.1, -0.05) is 24.3 Å². The van der Waals surface area contributed by atoms with Gasteiger partial charge in [0.05, 0.1) is 0 Å². The maximum atomic E-state index is 12.4. The number of amides is 3. The molecule has 0 saturated carbocycles. The van der Waals surface area contributed by atoms with Gasteiger partial charge >= 0.3 is 0 Å². The monoisotopic (exact) mass is 341 g/mol. The van der Waals surface area contributed by atoms with E-state index in [1.54, 1.807) is 0 Å². The molecule has 0 radical (unpaired) electrons. The normalized spacial score (nSPS) is 18.3. The Morgan fingerprint density at radius 2 is 1.80 bits per heavy atom. The van der Waals surface area contributed by atoms with Gasteiger partial charge in [-0.05, 0) is 29.9 Å². The van der Waals surface area contributed by atoms with Gasteiger partial charge in [-0.15, -0.1) is 0 Å². The van der Waals surface area contributed by atoms with Crippen molar-refractivity contribution in [3.63, 3.8) is 0 Å². The molecule has 2 heterocycles. The number of hydrogen-bond donors (Lipinski definition) is 1. The number of piperidine rings is 1. The molecule has 25 heavy (non-hydrogen) atoms. The highest BCUT2D eigenvalue weighted by Gasteiger charge is 2.27. The molecule has 0 unspecified atom stereocenters. The summed E-state index contributed by atoms with van der Waals surface area (Å²) < 4.78 is 0. The van der Waals surface area contributed by atoms with E-state index in [-0.39, 0.29) is 30.7 Å². The van der Waals surface area contributed by atoms with E-state index < -0.39 is 0 Å². The van der Waals surface area contributed by atoms with Crippen LogP contribution in [0.1, 0.15) is 36.3 Å². The molecule has 1 aromatic rings. The quantitative estimate of drug-likeness (QED) is 0.815. The van der Waals surface area contributed by atoms with E-state index in [1.165, 1.54) is 17.7 Å². The molecule has 0 atom stereocenters. The van der Waals surface area contributed by atoms with E-state index in [2.05, 4.69) is 12.1 Å². The van der Waals surface area contributed by atoms with Crippen molar-refractivity contribution in [1.29, 1.82) is 0 Å². The van der Waals surface area contributed by atoms with E-state index in [9.17, 15) is 14.4 Å². The fraction of sp³-hybridized carbons (Fsp3) is 0.421. The average molecular weight is 341 g/mol. The summed E-state index contributed by atoms with van der Waals surface area (Å²) in [6.07, 6.45) is 4.51. The zero-order valence-corrected chi connectivity index (χ0v) is 14.2. The molecule has 6 heteroatoms. The first kappa shape index (κ1) is 17.4. The molecular weight excluding hydrogens is 318 g/mol. The fourth-order valence-electron chi connectivity index (χ4n) is 3.45. The minimum absolute atomic E-state index is 0.00154. The second-order valence-corrected chi connectivity index (χ2v) is 6.52. The Labute approximate surface area is 147 Å². The number of rotatable bonds is 5. The van der Waals surface area contributed by atoms with Gasteiger partial charge in [-0.3, -0.25) is 19.3 Å². The van der Waals surface area contributed by atoms with Crippen molar-refractivity contribution in [1.82, 2.24) is 9.80 Å². The van der Waals surface area contributed by atoms with Crippen LogP contribution in [0.3, 0.4) is 0 Å². The summed E-state index contributed by atoms with van der Waals surface area (Å²) in [5, 5.41) is 0. The fourth-order valence-corrected chi connectivity index (χ4v) is 3.45. The van der Waals surface area contributed by atoms with Crippen LogP contribution in [-0.2, 0) is 20.9 Å². The smallest absolute Gasteiger partial charge is 0.253 e. The highest BCUT2D eigenvalue weighted by molar-refractivity contribution is 6.13. The Hall–Kier alpha value is -2.47. The van der Waals surface area contributed by atoms with Crippen LogP contribution in [0, 0.1) is 0 Å². The maximum absolute atomic E-state index is 12.4. The minimum Gasteiger partial charge on any atom is -0.343 e. The third kappa shape index (κ3) is 3.96. The Morgan fingerprint density at radius 3 is 2.44 bits per heavy atom. The number of hydrogen-bond acceptors (Lipinski definition) is 4. The Balaban J connectivity index is 1.49. The van der Waals surface area contributed by atoms with Gasteiger partial charge in [0, 0.05) is 44.8 Å². The maximum Gasteiger partial charge on any atom is 0.253 e. The lowest BCUT2D eigenvalue weighted by molar-refractivity contribution is -0.138. The zero-order chi connectivity index (χ0) is 17.8. The van der Waals surface area contributed by atoms with E-state index in [1.807, 2.05) is 17.0 Å².